The number of carbonyl (C=O) groups is 1. The van der Waals surface area contributed by atoms with Crippen molar-refractivity contribution in [2.75, 3.05) is 0 Å². The van der Waals surface area contributed by atoms with Gasteiger partial charge in [-0.2, -0.15) is 0 Å². The van der Waals surface area contributed by atoms with Crippen LogP contribution >= 0.6 is 0 Å². The number of carboxylic acid groups (broad SMARTS) is 1. The van der Waals surface area contributed by atoms with Gasteiger partial charge < -0.3 is 5.11 Å². The number of aromatic nitrogens is 3. The summed E-state index contributed by atoms with van der Waals surface area (Å²) >= 11 is 0. The molecule has 5 nitrogen and oxygen atoms in total. The molecule has 3 rings (SSSR count). The molecule has 23 heavy (non-hydrogen) atoms. The highest BCUT2D eigenvalue weighted by Crippen LogP contribution is 2.24. The molecule has 0 bridgehead atoms. The molecule has 0 spiro atoms. The van der Waals surface area contributed by atoms with Crippen LogP contribution < -0.4 is 0 Å². The van der Waals surface area contributed by atoms with E-state index in [9.17, 15) is 9.90 Å². The van der Waals surface area contributed by atoms with Gasteiger partial charge in [0, 0.05) is 5.56 Å². The lowest BCUT2D eigenvalue weighted by Gasteiger charge is -2.08. The van der Waals surface area contributed by atoms with Gasteiger partial charge in [-0.3, -0.25) is 0 Å². The molecule has 1 heterocycles. The minimum absolute atomic E-state index is 0.0253. The Balaban J connectivity index is 2.07. The van der Waals surface area contributed by atoms with Gasteiger partial charge in [0.2, 0.25) is 0 Å². The molecule has 0 fully saturated rings. The van der Waals surface area contributed by atoms with Gasteiger partial charge in [-0.1, -0.05) is 58.8 Å². The van der Waals surface area contributed by atoms with Crippen LogP contribution in [0, 0.1) is 13.8 Å². The lowest BCUT2D eigenvalue weighted by atomic mass is 10.1. The number of rotatable bonds is 4. The first-order valence-electron chi connectivity index (χ1n) is 7.34. The van der Waals surface area contributed by atoms with Gasteiger partial charge in [-0.15, -0.1) is 5.10 Å². The summed E-state index contributed by atoms with van der Waals surface area (Å²) in [5.41, 5.74) is 4.59. The van der Waals surface area contributed by atoms with Crippen molar-refractivity contribution in [3.05, 3.63) is 70.9 Å². The first-order chi connectivity index (χ1) is 11.0. The van der Waals surface area contributed by atoms with E-state index in [4.69, 9.17) is 0 Å². The molecule has 0 aliphatic heterocycles. The summed E-state index contributed by atoms with van der Waals surface area (Å²) in [6.45, 7) is 4.47. The Morgan fingerprint density at radius 1 is 1.09 bits per heavy atom. The summed E-state index contributed by atoms with van der Waals surface area (Å²) in [5, 5.41) is 17.3. The van der Waals surface area contributed by atoms with Gasteiger partial charge in [0.25, 0.3) is 0 Å². The van der Waals surface area contributed by atoms with Crippen LogP contribution in [0.2, 0.25) is 0 Å². The van der Waals surface area contributed by atoms with E-state index in [1.54, 1.807) is 4.68 Å². The topological polar surface area (TPSA) is 68.0 Å². The quantitative estimate of drug-likeness (QED) is 0.803. The summed E-state index contributed by atoms with van der Waals surface area (Å²) in [7, 11) is 0. The van der Waals surface area contributed by atoms with Crippen LogP contribution in [0.5, 0.6) is 0 Å². The number of aromatic carboxylic acids is 1. The van der Waals surface area contributed by atoms with Crippen molar-refractivity contribution in [2.24, 2.45) is 0 Å². The summed E-state index contributed by atoms with van der Waals surface area (Å²) in [4.78, 5) is 11.5. The van der Waals surface area contributed by atoms with Crippen LogP contribution in [-0.2, 0) is 6.54 Å². The first-order valence-corrected chi connectivity index (χ1v) is 7.34. The second-order valence-corrected chi connectivity index (χ2v) is 5.60. The zero-order valence-corrected chi connectivity index (χ0v) is 13.0. The van der Waals surface area contributed by atoms with E-state index < -0.39 is 5.97 Å². The fourth-order valence-corrected chi connectivity index (χ4v) is 2.51. The number of hydrogen-bond acceptors (Lipinski definition) is 3. The summed E-state index contributed by atoms with van der Waals surface area (Å²) in [6, 6.07) is 15.8. The van der Waals surface area contributed by atoms with Crippen LogP contribution in [0.1, 0.15) is 27.2 Å². The van der Waals surface area contributed by atoms with E-state index in [1.165, 1.54) is 5.56 Å². The molecule has 0 unspecified atom stereocenters. The number of benzene rings is 2. The first kappa shape index (κ1) is 15.0. The van der Waals surface area contributed by atoms with Crippen molar-refractivity contribution in [1.82, 2.24) is 15.0 Å². The van der Waals surface area contributed by atoms with E-state index in [1.807, 2.05) is 62.4 Å². The summed E-state index contributed by atoms with van der Waals surface area (Å²) < 4.78 is 1.64. The molecule has 0 saturated carbocycles. The van der Waals surface area contributed by atoms with Gasteiger partial charge >= 0.3 is 5.97 Å². The van der Waals surface area contributed by atoms with Crippen molar-refractivity contribution in [3.8, 4) is 11.3 Å². The monoisotopic (exact) mass is 307 g/mol. The van der Waals surface area contributed by atoms with Crippen molar-refractivity contribution < 1.29 is 9.90 Å². The van der Waals surface area contributed by atoms with Crippen LogP contribution in [0.3, 0.4) is 0 Å². The Hall–Kier alpha value is -2.95. The minimum Gasteiger partial charge on any atom is -0.476 e. The van der Waals surface area contributed by atoms with Gasteiger partial charge in [-0.05, 0) is 25.5 Å². The molecule has 0 atom stereocenters. The molecule has 2 aromatic carbocycles. The molecular weight excluding hydrogens is 290 g/mol. The SMILES string of the molecule is Cc1ccc(Cn2nnc(C(=O)O)c2-c2cccc(C)c2)cc1. The average molecular weight is 307 g/mol. The smallest absolute Gasteiger partial charge is 0.358 e. The fourth-order valence-electron chi connectivity index (χ4n) is 2.51. The molecular formula is C18H17N3O2. The molecule has 0 saturated heterocycles. The second-order valence-electron chi connectivity index (χ2n) is 5.60. The highest BCUT2D eigenvalue weighted by Gasteiger charge is 2.20. The third-order valence-electron chi connectivity index (χ3n) is 3.68. The van der Waals surface area contributed by atoms with E-state index in [0.29, 0.717) is 12.2 Å². The van der Waals surface area contributed by atoms with Gasteiger partial charge in [0.1, 0.15) is 5.69 Å². The summed E-state index contributed by atoms with van der Waals surface area (Å²) in [6.07, 6.45) is 0. The van der Waals surface area contributed by atoms with Crippen molar-refractivity contribution >= 4 is 5.97 Å². The zero-order chi connectivity index (χ0) is 16.4. The molecule has 1 aromatic heterocycles. The Bertz CT molecular complexity index is 851. The number of hydrogen-bond donors (Lipinski definition) is 1. The molecule has 0 aliphatic carbocycles. The molecule has 5 heteroatoms. The zero-order valence-electron chi connectivity index (χ0n) is 13.0. The standard InChI is InChI=1S/C18H17N3O2/c1-12-6-8-14(9-7-12)11-21-17(16(18(22)23)19-20-21)15-5-3-4-13(2)10-15/h3-10H,11H2,1-2H3,(H,22,23). The third kappa shape index (κ3) is 3.13. The van der Waals surface area contributed by atoms with Crippen molar-refractivity contribution in [3.63, 3.8) is 0 Å². The van der Waals surface area contributed by atoms with Crippen molar-refractivity contribution in [1.29, 1.82) is 0 Å². The van der Waals surface area contributed by atoms with Crippen LogP contribution in [0.4, 0.5) is 0 Å². The van der Waals surface area contributed by atoms with Gasteiger partial charge in [0.15, 0.2) is 5.69 Å². The van der Waals surface area contributed by atoms with Crippen molar-refractivity contribution in [2.45, 2.75) is 20.4 Å². The van der Waals surface area contributed by atoms with Crippen LogP contribution in [0.15, 0.2) is 48.5 Å². The highest BCUT2D eigenvalue weighted by molar-refractivity contribution is 5.92. The minimum atomic E-state index is -1.07. The lowest BCUT2D eigenvalue weighted by Crippen LogP contribution is -2.06. The Labute approximate surface area is 134 Å². The molecule has 0 radical (unpaired) electrons. The average Bonchev–Trinajstić information content (AvgIpc) is 2.93. The number of nitrogens with zero attached hydrogens (tertiary/aromatic N) is 3. The maximum atomic E-state index is 11.5. The normalized spacial score (nSPS) is 10.7. The number of carboxylic acids is 1. The van der Waals surface area contributed by atoms with Gasteiger partial charge in [0.05, 0.1) is 6.54 Å². The van der Waals surface area contributed by atoms with Gasteiger partial charge in [-0.25, -0.2) is 9.48 Å². The molecule has 116 valence electrons. The number of aryl methyl sites for hydroxylation is 2. The molecule has 0 aliphatic rings. The molecule has 3 aromatic rings. The predicted molar refractivity (Wildman–Crippen MR) is 87.4 cm³/mol. The lowest BCUT2D eigenvalue weighted by molar-refractivity contribution is 0.0691. The predicted octanol–water partition coefficient (Wildman–Crippen LogP) is 3.31. The second kappa shape index (κ2) is 6.04. The summed E-state index contributed by atoms with van der Waals surface area (Å²) in [5.74, 6) is -1.07. The van der Waals surface area contributed by atoms with Crippen LogP contribution in [-0.4, -0.2) is 26.1 Å². The highest BCUT2D eigenvalue weighted by atomic mass is 16.4. The van der Waals surface area contributed by atoms with Crippen LogP contribution in [0.25, 0.3) is 11.3 Å². The maximum Gasteiger partial charge on any atom is 0.358 e. The Morgan fingerprint density at radius 2 is 1.83 bits per heavy atom. The Kier molecular flexibility index (Phi) is 3.93. The van der Waals surface area contributed by atoms with E-state index in [-0.39, 0.29) is 5.69 Å². The van der Waals surface area contributed by atoms with E-state index >= 15 is 0 Å². The fraction of sp³-hybridized carbons (Fsp3) is 0.167. The Morgan fingerprint density at radius 3 is 2.48 bits per heavy atom. The molecule has 1 N–H and O–H groups in total. The third-order valence-corrected chi connectivity index (χ3v) is 3.68. The largest absolute Gasteiger partial charge is 0.476 e. The van der Waals surface area contributed by atoms with E-state index in [0.717, 1.165) is 16.7 Å². The molecule has 0 amide bonds. The maximum absolute atomic E-state index is 11.5. The van der Waals surface area contributed by atoms with E-state index in [2.05, 4.69) is 10.3 Å².